The van der Waals surface area contributed by atoms with E-state index in [0.29, 0.717) is 23.4 Å². The molecular weight excluding hydrogens is 432 g/mol. The fourth-order valence-corrected chi connectivity index (χ4v) is 4.39. The van der Waals surface area contributed by atoms with Gasteiger partial charge in [-0.15, -0.1) is 16.8 Å². The molecule has 3 rings (SSSR count). The summed E-state index contributed by atoms with van der Waals surface area (Å²) in [5, 5.41) is 12.3. The van der Waals surface area contributed by atoms with Crippen LogP contribution in [-0.2, 0) is 17.9 Å². The van der Waals surface area contributed by atoms with Crippen LogP contribution in [0.15, 0.2) is 54.2 Å². The minimum absolute atomic E-state index is 0.0775. The molecule has 174 valence electrons. The predicted octanol–water partition coefficient (Wildman–Crippen LogP) is 5.82. The maximum absolute atomic E-state index is 12.6. The third-order valence-corrected chi connectivity index (χ3v) is 6.26. The maximum Gasteiger partial charge on any atom is 0.234 e. The molecular formula is C26H32N4O2S. The fraction of sp³-hybridized carbons (Fsp3) is 0.346. The number of amides is 1. The van der Waals surface area contributed by atoms with E-state index < -0.39 is 0 Å². The molecule has 0 aliphatic carbocycles. The number of carbonyl (C=O) groups is 1. The Labute approximate surface area is 200 Å². The molecule has 0 saturated heterocycles. The lowest BCUT2D eigenvalue weighted by atomic mass is 10.0. The Kier molecular flexibility index (Phi) is 8.33. The molecule has 2 aromatic carbocycles. The van der Waals surface area contributed by atoms with Crippen molar-refractivity contribution in [3.05, 3.63) is 77.1 Å². The molecule has 7 heteroatoms. The quantitative estimate of drug-likeness (QED) is 0.302. The summed E-state index contributed by atoms with van der Waals surface area (Å²) < 4.78 is 7.85. The monoisotopic (exact) mass is 464 g/mol. The molecule has 0 aliphatic heterocycles. The number of anilines is 1. The number of ether oxygens (including phenoxy) is 1. The number of allylic oxidation sites excluding steroid dienone is 1. The van der Waals surface area contributed by atoms with Gasteiger partial charge in [0.05, 0.1) is 5.75 Å². The van der Waals surface area contributed by atoms with Crippen LogP contribution in [0.2, 0.25) is 0 Å². The largest absolute Gasteiger partial charge is 0.486 e. The standard InChI is InChI=1S/C26H32N4O2S/c1-7-12-30-23(15-32-22-10-8-21(9-11-22)17(2)3)28-29-26(30)33-16-24(31)27-25-19(5)13-18(4)14-20(25)6/h7-11,13-14,17H,1,12,15-16H2,2-6H3,(H,27,31). The summed E-state index contributed by atoms with van der Waals surface area (Å²) >= 11 is 1.35. The summed E-state index contributed by atoms with van der Waals surface area (Å²) in [7, 11) is 0. The number of hydrogen-bond acceptors (Lipinski definition) is 5. The zero-order valence-electron chi connectivity index (χ0n) is 20.0. The van der Waals surface area contributed by atoms with Crippen molar-refractivity contribution in [2.75, 3.05) is 11.1 Å². The molecule has 1 heterocycles. The van der Waals surface area contributed by atoms with E-state index in [2.05, 4.69) is 67.1 Å². The van der Waals surface area contributed by atoms with Crippen LogP contribution in [-0.4, -0.2) is 26.4 Å². The van der Waals surface area contributed by atoms with Crippen LogP contribution in [0.1, 0.15) is 47.8 Å². The highest BCUT2D eigenvalue weighted by molar-refractivity contribution is 7.99. The number of aryl methyl sites for hydroxylation is 3. The Morgan fingerprint density at radius 1 is 1.15 bits per heavy atom. The number of nitrogens with one attached hydrogen (secondary N) is 1. The maximum atomic E-state index is 12.6. The second kappa shape index (κ2) is 11.2. The highest BCUT2D eigenvalue weighted by atomic mass is 32.2. The van der Waals surface area contributed by atoms with Crippen LogP contribution in [0.3, 0.4) is 0 Å². The van der Waals surface area contributed by atoms with E-state index in [4.69, 9.17) is 4.74 Å². The summed E-state index contributed by atoms with van der Waals surface area (Å²) in [6.07, 6.45) is 1.79. The molecule has 0 atom stereocenters. The molecule has 0 unspecified atom stereocenters. The van der Waals surface area contributed by atoms with Gasteiger partial charge in [0.2, 0.25) is 5.91 Å². The minimum atomic E-state index is -0.0775. The molecule has 1 aromatic heterocycles. The van der Waals surface area contributed by atoms with Crippen LogP contribution in [0.25, 0.3) is 0 Å². The van der Waals surface area contributed by atoms with Gasteiger partial charge in [-0.25, -0.2) is 0 Å². The molecule has 0 spiro atoms. The van der Waals surface area contributed by atoms with Gasteiger partial charge >= 0.3 is 0 Å². The van der Waals surface area contributed by atoms with Crippen molar-refractivity contribution in [1.82, 2.24) is 14.8 Å². The van der Waals surface area contributed by atoms with E-state index in [9.17, 15) is 4.79 Å². The van der Waals surface area contributed by atoms with Crippen molar-refractivity contribution < 1.29 is 9.53 Å². The summed E-state index contributed by atoms with van der Waals surface area (Å²) in [4.78, 5) is 12.6. The lowest BCUT2D eigenvalue weighted by Crippen LogP contribution is -2.16. The molecule has 33 heavy (non-hydrogen) atoms. The first-order chi connectivity index (χ1) is 15.8. The normalized spacial score (nSPS) is 11.0. The van der Waals surface area contributed by atoms with Crippen LogP contribution in [0.5, 0.6) is 5.75 Å². The number of thioether (sulfide) groups is 1. The van der Waals surface area contributed by atoms with Gasteiger partial charge in [-0.05, 0) is 55.5 Å². The number of hydrogen-bond donors (Lipinski definition) is 1. The van der Waals surface area contributed by atoms with Crippen molar-refractivity contribution in [1.29, 1.82) is 0 Å². The molecule has 3 aromatic rings. The Morgan fingerprint density at radius 2 is 1.82 bits per heavy atom. The van der Waals surface area contributed by atoms with Gasteiger partial charge in [-0.1, -0.05) is 61.5 Å². The van der Waals surface area contributed by atoms with E-state index >= 15 is 0 Å². The number of nitrogens with zero attached hydrogens (tertiary/aromatic N) is 3. The predicted molar refractivity (Wildman–Crippen MR) is 135 cm³/mol. The molecule has 6 nitrogen and oxygen atoms in total. The number of carbonyl (C=O) groups excluding carboxylic acids is 1. The molecule has 0 fully saturated rings. The third-order valence-electron chi connectivity index (χ3n) is 5.29. The van der Waals surface area contributed by atoms with Gasteiger partial charge < -0.3 is 10.1 Å². The Bertz CT molecular complexity index is 1100. The average Bonchev–Trinajstić information content (AvgIpc) is 3.15. The summed E-state index contributed by atoms with van der Waals surface area (Å²) in [6.45, 7) is 15.1. The lowest BCUT2D eigenvalue weighted by Gasteiger charge is -2.13. The van der Waals surface area contributed by atoms with Crippen LogP contribution < -0.4 is 10.1 Å². The summed E-state index contributed by atoms with van der Waals surface area (Å²) in [5.74, 6) is 2.11. The van der Waals surface area contributed by atoms with Crippen molar-refractivity contribution in [2.24, 2.45) is 0 Å². The Morgan fingerprint density at radius 3 is 2.42 bits per heavy atom. The molecule has 0 bridgehead atoms. The summed E-state index contributed by atoms with van der Waals surface area (Å²) in [5.41, 5.74) is 5.44. The van der Waals surface area contributed by atoms with E-state index in [1.165, 1.54) is 22.9 Å². The SMILES string of the molecule is C=CCn1c(COc2ccc(C(C)C)cc2)nnc1SCC(=O)Nc1c(C)cc(C)cc1C. The van der Waals surface area contributed by atoms with Crippen LogP contribution >= 0.6 is 11.8 Å². The minimum Gasteiger partial charge on any atom is -0.486 e. The van der Waals surface area contributed by atoms with Gasteiger partial charge in [0.1, 0.15) is 12.4 Å². The number of aromatic nitrogens is 3. The van der Waals surface area contributed by atoms with Gasteiger partial charge in [0.25, 0.3) is 0 Å². The van der Waals surface area contributed by atoms with Crippen molar-refractivity contribution in [3.63, 3.8) is 0 Å². The molecule has 0 aliphatic rings. The topological polar surface area (TPSA) is 69.0 Å². The number of benzene rings is 2. The third kappa shape index (κ3) is 6.48. The Hall–Kier alpha value is -3.06. The van der Waals surface area contributed by atoms with Crippen molar-refractivity contribution in [2.45, 2.75) is 58.8 Å². The smallest absolute Gasteiger partial charge is 0.234 e. The van der Waals surface area contributed by atoms with E-state index in [1.807, 2.05) is 30.5 Å². The molecule has 1 N–H and O–H groups in total. The van der Waals surface area contributed by atoms with Gasteiger partial charge in [0.15, 0.2) is 11.0 Å². The lowest BCUT2D eigenvalue weighted by molar-refractivity contribution is -0.113. The van der Waals surface area contributed by atoms with Gasteiger partial charge in [-0.2, -0.15) is 0 Å². The first-order valence-electron chi connectivity index (χ1n) is 11.0. The molecule has 1 amide bonds. The average molecular weight is 465 g/mol. The van der Waals surface area contributed by atoms with Crippen LogP contribution in [0.4, 0.5) is 5.69 Å². The number of rotatable bonds is 10. The van der Waals surface area contributed by atoms with E-state index in [0.717, 1.165) is 22.6 Å². The zero-order valence-corrected chi connectivity index (χ0v) is 20.8. The van der Waals surface area contributed by atoms with Crippen molar-refractivity contribution in [3.8, 4) is 5.75 Å². The van der Waals surface area contributed by atoms with Gasteiger partial charge in [-0.3, -0.25) is 9.36 Å². The highest BCUT2D eigenvalue weighted by Crippen LogP contribution is 2.24. The van der Waals surface area contributed by atoms with Crippen LogP contribution in [0, 0.1) is 20.8 Å². The summed E-state index contributed by atoms with van der Waals surface area (Å²) in [6, 6.07) is 12.2. The van der Waals surface area contributed by atoms with Gasteiger partial charge in [0, 0.05) is 12.2 Å². The zero-order chi connectivity index (χ0) is 24.0. The molecule has 0 radical (unpaired) electrons. The second-order valence-corrected chi connectivity index (χ2v) is 9.36. The van der Waals surface area contributed by atoms with E-state index in [-0.39, 0.29) is 18.3 Å². The Balaban J connectivity index is 1.63. The van der Waals surface area contributed by atoms with E-state index in [1.54, 1.807) is 6.08 Å². The molecule has 0 saturated carbocycles. The first-order valence-corrected chi connectivity index (χ1v) is 12.0. The van der Waals surface area contributed by atoms with Crippen molar-refractivity contribution >= 4 is 23.4 Å². The second-order valence-electron chi connectivity index (χ2n) is 8.42. The highest BCUT2D eigenvalue weighted by Gasteiger charge is 2.15. The first kappa shape index (κ1) is 24.6. The fourth-order valence-electron chi connectivity index (χ4n) is 3.62.